The third kappa shape index (κ3) is 7.41. The molecule has 2 rings (SSSR count). The van der Waals surface area contributed by atoms with Gasteiger partial charge in [-0.15, -0.1) is 11.8 Å². The number of amides is 2. The van der Waals surface area contributed by atoms with E-state index in [4.69, 9.17) is 23.2 Å². The van der Waals surface area contributed by atoms with E-state index in [0.29, 0.717) is 33.3 Å². The van der Waals surface area contributed by atoms with Crippen LogP contribution in [0.4, 0.5) is 4.39 Å². The van der Waals surface area contributed by atoms with Crippen molar-refractivity contribution in [2.75, 3.05) is 5.75 Å². The molecule has 0 heterocycles. The smallest absolute Gasteiger partial charge is 0.243 e. The van der Waals surface area contributed by atoms with E-state index in [1.807, 2.05) is 20.8 Å². The quantitative estimate of drug-likeness (QED) is 0.470. The fourth-order valence-electron chi connectivity index (χ4n) is 3.10. The first-order valence-corrected chi connectivity index (χ1v) is 12.0. The van der Waals surface area contributed by atoms with Crippen LogP contribution in [0.3, 0.4) is 0 Å². The van der Waals surface area contributed by atoms with Crippen molar-refractivity contribution in [3.8, 4) is 0 Å². The molecule has 1 N–H and O–H groups in total. The Morgan fingerprint density at radius 1 is 1.10 bits per heavy atom. The van der Waals surface area contributed by atoms with Crippen molar-refractivity contribution < 1.29 is 14.0 Å². The predicted octanol–water partition coefficient (Wildman–Crippen LogP) is 5.70. The van der Waals surface area contributed by atoms with Crippen LogP contribution >= 0.6 is 35.0 Å². The highest BCUT2D eigenvalue weighted by Crippen LogP contribution is 2.27. The zero-order valence-electron chi connectivity index (χ0n) is 17.8. The zero-order valence-corrected chi connectivity index (χ0v) is 20.2. The second-order valence-corrected chi connectivity index (χ2v) is 9.19. The lowest BCUT2D eigenvalue weighted by molar-refractivity contribution is -0.139. The van der Waals surface area contributed by atoms with E-state index in [-0.39, 0.29) is 36.0 Å². The Bertz CT molecular complexity index is 891. The molecule has 1 atom stereocenters. The van der Waals surface area contributed by atoms with Gasteiger partial charge < -0.3 is 10.2 Å². The maximum absolute atomic E-state index is 13.9. The summed E-state index contributed by atoms with van der Waals surface area (Å²) in [6, 6.07) is 10.9. The number of thioether (sulfide) groups is 1. The van der Waals surface area contributed by atoms with Gasteiger partial charge in [0.2, 0.25) is 11.8 Å². The molecular weight excluding hydrogens is 458 g/mol. The van der Waals surface area contributed by atoms with Gasteiger partial charge in [-0.05, 0) is 44.0 Å². The Balaban J connectivity index is 2.21. The molecule has 2 aromatic rings. The highest BCUT2D eigenvalue weighted by atomic mass is 35.5. The van der Waals surface area contributed by atoms with E-state index in [2.05, 4.69) is 5.32 Å². The van der Waals surface area contributed by atoms with Crippen LogP contribution in [0.5, 0.6) is 0 Å². The third-order valence-electron chi connectivity index (χ3n) is 4.65. The molecule has 2 aromatic carbocycles. The van der Waals surface area contributed by atoms with Gasteiger partial charge in [0.15, 0.2) is 0 Å². The van der Waals surface area contributed by atoms with Crippen molar-refractivity contribution in [1.82, 2.24) is 10.2 Å². The summed E-state index contributed by atoms with van der Waals surface area (Å²) in [5.74, 6) is -0.309. The maximum Gasteiger partial charge on any atom is 0.243 e. The van der Waals surface area contributed by atoms with Crippen molar-refractivity contribution >= 4 is 46.8 Å². The summed E-state index contributed by atoms with van der Waals surface area (Å²) in [5.41, 5.74) is 1.12. The van der Waals surface area contributed by atoms with Gasteiger partial charge in [0, 0.05) is 33.9 Å². The molecule has 0 aliphatic heterocycles. The monoisotopic (exact) mass is 484 g/mol. The van der Waals surface area contributed by atoms with Crippen LogP contribution in [-0.2, 0) is 21.9 Å². The van der Waals surface area contributed by atoms with Crippen molar-refractivity contribution in [2.24, 2.45) is 0 Å². The van der Waals surface area contributed by atoms with Gasteiger partial charge in [0.25, 0.3) is 0 Å². The van der Waals surface area contributed by atoms with Crippen LogP contribution < -0.4 is 5.32 Å². The predicted molar refractivity (Wildman–Crippen MR) is 127 cm³/mol. The van der Waals surface area contributed by atoms with E-state index >= 15 is 0 Å². The Morgan fingerprint density at radius 3 is 2.32 bits per heavy atom. The molecule has 31 heavy (non-hydrogen) atoms. The SMILES string of the molecule is CCC(C(=O)NC(C)C)N(Cc1c(Cl)cccc1Cl)C(=O)CSCc1ccccc1F. The lowest BCUT2D eigenvalue weighted by Gasteiger charge is -2.31. The molecule has 0 spiro atoms. The molecule has 0 radical (unpaired) electrons. The second kappa shape index (κ2) is 12.3. The van der Waals surface area contributed by atoms with Crippen LogP contribution in [0.2, 0.25) is 10.0 Å². The molecule has 0 saturated heterocycles. The molecular formula is C23H27Cl2FN2O2S. The Labute approximate surface area is 197 Å². The fourth-order valence-corrected chi connectivity index (χ4v) is 4.51. The minimum absolute atomic E-state index is 0.0576. The number of hydrogen-bond donors (Lipinski definition) is 1. The van der Waals surface area contributed by atoms with Gasteiger partial charge in [-0.2, -0.15) is 0 Å². The first-order valence-electron chi connectivity index (χ1n) is 10.1. The Kier molecular flexibility index (Phi) is 10.1. The number of halogens is 3. The fraction of sp³-hybridized carbons (Fsp3) is 0.391. The Morgan fingerprint density at radius 2 is 1.74 bits per heavy atom. The molecule has 0 aromatic heterocycles. The first-order chi connectivity index (χ1) is 14.7. The van der Waals surface area contributed by atoms with Crippen molar-refractivity contribution in [1.29, 1.82) is 0 Å². The van der Waals surface area contributed by atoms with Gasteiger partial charge in [0.1, 0.15) is 11.9 Å². The highest BCUT2D eigenvalue weighted by Gasteiger charge is 2.30. The molecule has 2 amide bonds. The number of hydrogen-bond acceptors (Lipinski definition) is 3. The van der Waals surface area contributed by atoms with E-state index in [0.717, 1.165) is 0 Å². The van der Waals surface area contributed by atoms with Crippen LogP contribution in [0.15, 0.2) is 42.5 Å². The Hall–Kier alpha value is -1.76. The summed E-state index contributed by atoms with van der Waals surface area (Å²) in [7, 11) is 0. The van der Waals surface area contributed by atoms with Crippen LogP contribution in [0.1, 0.15) is 38.3 Å². The number of carbonyl (C=O) groups is 2. The molecule has 4 nitrogen and oxygen atoms in total. The van der Waals surface area contributed by atoms with E-state index in [1.165, 1.54) is 22.7 Å². The van der Waals surface area contributed by atoms with Crippen molar-refractivity contribution in [3.05, 3.63) is 69.5 Å². The standard InChI is InChI=1S/C23H27Cl2FN2O2S/c1-4-21(23(30)27-15(2)3)28(12-17-18(24)9-7-10-19(17)25)22(29)14-31-13-16-8-5-6-11-20(16)26/h5-11,15,21H,4,12-14H2,1-3H3,(H,27,30). The van der Waals surface area contributed by atoms with Crippen molar-refractivity contribution in [3.63, 3.8) is 0 Å². The average Bonchev–Trinajstić information content (AvgIpc) is 2.70. The molecule has 8 heteroatoms. The minimum Gasteiger partial charge on any atom is -0.352 e. The number of nitrogens with zero attached hydrogens (tertiary/aromatic N) is 1. The van der Waals surface area contributed by atoms with Crippen LogP contribution in [0.25, 0.3) is 0 Å². The van der Waals surface area contributed by atoms with Gasteiger partial charge in [-0.25, -0.2) is 4.39 Å². The van der Waals surface area contributed by atoms with E-state index < -0.39 is 6.04 Å². The van der Waals surface area contributed by atoms with Gasteiger partial charge in [-0.1, -0.05) is 54.4 Å². The largest absolute Gasteiger partial charge is 0.352 e. The molecule has 0 aliphatic rings. The normalized spacial score (nSPS) is 12.0. The van der Waals surface area contributed by atoms with Crippen LogP contribution in [-0.4, -0.2) is 34.6 Å². The number of benzene rings is 2. The molecule has 168 valence electrons. The number of carbonyl (C=O) groups excluding carboxylic acids is 2. The van der Waals surface area contributed by atoms with E-state index in [9.17, 15) is 14.0 Å². The van der Waals surface area contributed by atoms with E-state index in [1.54, 1.807) is 36.4 Å². The van der Waals surface area contributed by atoms with Gasteiger partial charge >= 0.3 is 0 Å². The topological polar surface area (TPSA) is 49.4 Å². The lowest BCUT2D eigenvalue weighted by Crippen LogP contribution is -2.51. The molecule has 0 saturated carbocycles. The average molecular weight is 485 g/mol. The number of rotatable bonds is 10. The van der Waals surface area contributed by atoms with Gasteiger partial charge in [-0.3, -0.25) is 9.59 Å². The second-order valence-electron chi connectivity index (χ2n) is 7.39. The van der Waals surface area contributed by atoms with Crippen LogP contribution in [0, 0.1) is 5.82 Å². The molecule has 0 aliphatic carbocycles. The summed E-state index contributed by atoms with van der Waals surface area (Å²) >= 11 is 13.9. The summed E-state index contributed by atoms with van der Waals surface area (Å²) in [6.45, 7) is 5.70. The molecule has 1 unspecified atom stereocenters. The summed E-state index contributed by atoms with van der Waals surface area (Å²) in [4.78, 5) is 27.5. The first kappa shape index (κ1) is 25.5. The van der Waals surface area contributed by atoms with Crippen molar-refractivity contribution in [2.45, 2.75) is 51.6 Å². The molecule has 0 fully saturated rings. The molecule has 0 bridgehead atoms. The summed E-state index contributed by atoms with van der Waals surface area (Å²) in [6.07, 6.45) is 0.435. The van der Waals surface area contributed by atoms with Gasteiger partial charge in [0.05, 0.1) is 5.75 Å². The third-order valence-corrected chi connectivity index (χ3v) is 6.32. The highest BCUT2D eigenvalue weighted by molar-refractivity contribution is 7.99. The minimum atomic E-state index is -0.670. The maximum atomic E-state index is 13.9. The summed E-state index contributed by atoms with van der Waals surface area (Å²) < 4.78 is 13.9. The number of nitrogens with one attached hydrogen (secondary N) is 1. The zero-order chi connectivity index (χ0) is 23.0. The lowest BCUT2D eigenvalue weighted by atomic mass is 10.1. The summed E-state index contributed by atoms with van der Waals surface area (Å²) in [5, 5.41) is 3.75.